The lowest BCUT2D eigenvalue weighted by atomic mass is 10.0. The minimum atomic E-state index is -1.85. The number of amides is 1. The van der Waals surface area contributed by atoms with Gasteiger partial charge in [0.1, 0.15) is 6.10 Å². The van der Waals surface area contributed by atoms with Gasteiger partial charge in [0.25, 0.3) is 5.91 Å². The van der Waals surface area contributed by atoms with Crippen LogP contribution in [0.4, 0.5) is 8.78 Å². The third kappa shape index (κ3) is 3.65. The number of halogens is 2. The summed E-state index contributed by atoms with van der Waals surface area (Å²) in [6.45, 7) is 3.39. The average Bonchev–Trinajstić information content (AvgIpc) is 2.38. The summed E-state index contributed by atoms with van der Waals surface area (Å²) in [5, 5.41) is 0. The van der Waals surface area contributed by atoms with Crippen LogP contribution in [0.3, 0.4) is 0 Å². The molecule has 1 aliphatic rings. The lowest BCUT2D eigenvalue weighted by molar-refractivity contribution is -0.143. The predicted octanol–water partition coefficient (Wildman–Crippen LogP) is 2.34. The van der Waals surface area contributed by atoms with Crippen LogP contribution >= 0.6 is 0 Å². The molecule has 1 fully saturated rings. The molecule has 1 aromatic heterocycles. The van der Waals surface area contributed by atoms with Gasteiger partial charge in [0.2, 0.25) is 11.8 Å². The van der Waals surface area contributed by atoms with E-state index in [2.05, 4.69) is 4.98 Å². The lowest BCUT2D eigenvalue weighted by Gasteiger charge is -2.34. The van der Waals surface area contributed by atoms with E-state index in [1.807, 2.05) is 0 Å². The van der Waals surface area contributed by atoms with Gasteiger partial charge in [0.05, 0.1) is 0 Å². The number of aromatic nitrogens is 1. The summed E-state index contributed by atoms with van der Waals surface area (Å²) in [6.07, 6.45) is 1.04. The molecule has 1 aromatic rings. The molecule has 0 bridgehead atoms. The second kappa shape index (κ2) is 5.73. The molecule has 20 heavy (non-hydrogen) atoms. The standard InChI is InChI=1S/C14H18F2N2O2/c1-14(2,16)13(19)18-8-6-10(7-9-18)20-12-5-3-4-11(15)17-12/h3-5,10H,6-9H2,1-2H3. The van der Waals surface area contributed by atoms with Crippen LogP contribution in [-0.2, 0) is 4.79 Å². The van der Waals surface area contributed by atoms with Crippen LogP contribution in [0.15, 0.2) is 18.2 Å². The van der Waals surface area contributed by atoms with Crippen molar-refractivity contribution in [3.05, 3.63) is 24.1 Å². The molecule has 1 saturated heterocycles. The Morgan fingerprint density at radius 1 is 1.40 bits per heavy atom. The van der Waals surface area contributed by atoms with Crippen LogP contribution in [0.25, 0.3) is 0 Å². The van der Waals surface area contributed by atoms with Crippen LogP contribution in [0, 0.1) is 5.95 Å². The van der Waals surface area contributed by atoms with Gasteiger partial charge in [0, 0.05) is 32.0 Å². The van der Waals surface area contributed by atoms with Gasteiger partial charge in [-0.05, 0) is 19.9 Å². The van der Waals surface area contributed by atoms with Gasteiger partial charge in [0.15, 0.2) is 5.67 Å². The van der Waals surface area contributed by atoms with Gasteiger partial charge in [-0.3, -0.25) is 4.79 Å². The van der Waals surface area contributed by atoms with Crippen molar-refractivity contribution in [3.8, 4) is 5.88 Å². The van der Waals surface area contributed by atoms with Crippen LogP contribution in [0.2, 0.25) is 0 Å². The molecule has 0 saturated carbocycles. The predicted molar refractivity (Wildman–Crippen MR) is 69.6 cm³/mol. The summed E-state index contributed by atoms with van der Waals surface area (Å²) in [7, 11) is 0. The maximum Gasteiger partial charge on any atom is 0.259 e. The van der Waals surface area contributed by atoms with Gasteiger partial charge in [-0.25, -0.2) is 4.39 Å². The monoisotopic (exact) mass is 284 g/mol. The summed E-state index contributed by atoms with van der Waals surface area (Å²) in [5.41, 5.74) is -1.85. The molecule has 0 atom stereocenters. The summed E-state index contributed by atoms with van der Waals surface area (Å²) in [6, 6.07) is 4.37. The molecule has 0 aliphatic carbocycles. The number of carbonyl (C=O) groups excluding carboxylic acids is 1. The van der Waals surface area contributed by atoms with Crippen molar-refractivity contribution in [2.75, 3.05) is 13.1 Å². The second-order valence-corrected chi connectivity index (χ2v) is 5.38. The molecule has 0 unspecified atom stereocenters. The van der Waals surface area contributed by atoms with E-state index in [4.69, 9.17) is 4.74 Å². The molecule has 110 valence electrons. The van der Waals surface area contributed by atoms with Crippen molar-refractivity contribution in [1.29, 1.82) is 0 Å². The van der Waals surface area contributed by atoms with E-state index < -0.39 is 17.5 Å². The molecule has 1 amide bonds. The molecular weight excluding hydrogens is 266 g/mol. The number of likely N-dealkylation sites (tertiary alicyclic amines) is 1. The van der Waals surface area contributed by atoms with E-state index in [-0.39, 0.29) is 12.0 Å². The van der Waals surface area contributed by atoms with E-state index in [0.29, 0.717) is 25.9 Å². The molecular formula is C14H18F2N2O2. The summed E-state index contributed by atoms with van der Waals surface area (Å²) >= 11 is 0. The number of ether oxygens (including phenoxy) is 1. The van der Waals surface area contributed by atoms with Gasteiger partial charge >= 0.3 is 0 Å². The van der Waals surface area contributed by atoms with Gasteiger partial charge in [-0.2, -0.15) is 9.37 Å². The minimum absolute atomic E-state index is 0.129. The van der Waals surface area contributed by atoms with E-state index in [1.165, 1.54) is 30.9 Å². The number of piperidine rings is 1. The molecule has 0 aromatic carbocycles. The van der Waals surface area contributed by atoms with Crippen molar-refractivity contribution < 1.29 is 18.3 Å². The van der Waals surface area contributed by atoms with E-state index in [9.17, 15) is 13.6 Å². The highest BCUT2D eigenvalue weighted by atomic mass is 19.1. The first-order valence-corrected chi connectivity index (χ1v) is 6.64. The number of rotatable bonds is 3. The highest BCUT2D eigenvalue weighted by Crippen LogP contribution is 2.21. The van der Waals surface area contributed by atoms with E-state index >= 15 is 0 Å². The Hall–Kier alpha value is -1.72. The third-order valence-electron chi connectivity index (χ3n) is 3.21. The van der Waals surface area contributed by atoms with Crippen molar-refractivity contribution in [2.24, 2.45) is 0 Å². The normalized spacial score (nSPS) is 17.1. The summed E-state index contributed by atoms with van der Waals surface area (Å²) < 4.78 is 32.1. The Labute approximate surface area is 116 Å². The fourth-order valence-electron chi connectivity index (χ4n) is 2.18. The van der Waals surface area contributed by atoms with Crippen molar-refractivity contribution in [1.82, 2.24) is 9.88 Å². The molecule has 6 heteroatoms. The number of nitrogens with zero attached hydrogens (tertiary/aromatic N) is 2. The molecule has 0 N–H and O–H groups in total. The molecule has 0 radical (unpaired) electrons. The zero-order chi connectivity index (χ0) is 14.8. The highest BCUT2D eigenvalue weighted by Gasteiger charge is 2.34. The van der Waals surface area contributed by atoms with Gasteiger partial charge in [-0.15, -0.1) is 0 Å². The maximum absolute atomic E-state index is 13.6. The van der Waals surface area contributed by atoms with Gasteiger partial charge in [-0.1, -0.05) is 6.07 Å². The molecule has 2 heterocycles. The number of pyridine rings is 1. The average molecular weight is 284 g/mol. The third-order valence-corrected chi connectivity index (χ3v) is 3.21. The quantitative estimate of drug-likeness (QED) is 0.800. The Balaban J connectivity index is 1.87. The van der Waals surface area contributed by atoms with Crippen molar-refractivity contribution >= 4 is 5.91 Å². The first-order chi connectivity index (χ1) is 9.36. The highest BCUT2D eigenvalue weighted by molar-refractivity contribution is 5.84. The number of carbonyl (C=O) groups is 1. The number of hydrogen-bond acceptors (Lipinski definition) is 3. The Morgan fingerprint density at radius 3 is 2.60 bits per heavy atom. The maximum atomic E-state index is 13.6. The fourth-order valence-corrected chi connectivity index (χ4v) is 2.18. The second-order valence-electron chi connectivity index (χ2n) is 5.38. The molecule has 0 spiro atoms. The van der Waals surface area contributed by atoms with Crippen LogP contribution < -0.4 is 4.74 Å². The van der Waals surface area contributed by atoms with E-state index in [0.717, 1.165) is 0 Å². The summed E-state index contributed by atoms with van der Waals surface area (Å²) in [4.78, 5) is 16.9. The van der Waals surface area contributed by atoms with Crippen LogP contribution in [0.1, 0.15) is 26.7 Å². The number of hydrogen-bond donors (Lipinski definition) is 0. The van der Waals surface area contributed by atoms with Crippen LogP contribution in [-0.4, -0.2) is 40.7 Å². The Kier molecular flexibility index (Phi) is 4.20. The van der Waals surface area contributed by atoms with E-state index in [1.54, 1.807) is 6.07 Å². The first kappa shape index (κ1) is 14.7. The van der Waals surface area contributed by atoms with Crippen molar-refractivity contribution in [3.63, 3.8) is 0 Å². The van der Waals surface area contributed by atoms with Crippen molar-refractivity contribution in [2.45, 2.75) is 38.5 Å². The molecule has 4 nitrogen and oxygen atoms in total. The first-order valence-electron chi connectivity index (χ1n) is 6.64. The van der Waals surface area contributed by atoms with Crippen LogP contribution in [0.5, 0.6) is 5.88 Å². The Morgan fingerprint density at radius 2 is 2.05 bits per heavy atom. The SMILES string of the molecule is CC(C)(F)C(=O)N1CCC(Oc2cccc(F)n2)CC1. The lowest BCUT2D eigenvalue weighted by Crippen LogP contribution is -2.48. The molecule has 1 aliphatic heterocycles. The topological polar surface area (TPSA) is 42.4 Å². The summed E-state index contributed by atoms with van der Waals surface area (Å²) in [5.74, 6) is -0.852. The smallest absolute Gasteiger partial charge is 0.259 e. The fraction of sp³-hybridized carbons (Fsp3) is 0.571. The molecule has 2 rings (SSSR count). The number of alkyl halides is 1. The Bertz CT molecular complexity index is 480. The zero-order valence-electron chi connectivity index (χ0n) is 11.6. The minimum Gasteiger partial charge on any atom is -0.474 e. The largest absolute Gasteiger partial charge is 0.474 e. The van der Waals surface area contributed by atoms with Gasteiger partial charge < -0.3 is 9.64 Å². The zero-order valence-corrected chi connectivity index (χ0v) is 11.6.